The van der Waals surface area contributed by atoms with Crippen LogP contribution in [-0.4, -0.2) is 19.8 Å². The van der Waals surface area contributed by atoms with E-state index in [1.165, 1.54) is 30.4 Å². The Morgan fingerprint density at radius 1 is 1.44 bits per heavy atom. The minimum atomic E-state index is 0.483. The van der Waals surface area contributed by atoms with Gasteiger partial charge in [0.05, 0.1) is 0 Å². The van der Waals surface area contributed by atoms with E-state index in [-0.39, 0.29) is 0 Å². The standard InChI is InChI=1S/C16H25NO/c1-3-8-17-16(11-14-7-9-18-12-14)15-6-4-5-13(2)10-15/h4-6,10,14,16-17H,3,7-9,11-12H2,1-2H3. The van der Waals surface area contributed by atoms with Gasteiger partial charge in [0.15, 0.2) is 0 Å². The van der Waals surface area contributed by atoms with Gasteiger partial charge in [-0.2, -0.15) is 0 Å². The van der Waals surface area contributed by atoms with Crippen molar-refractivity contribution in [1.29, 1.82) is 0 Å². The van der Waals surface area contributed by atoms with Gasteiger partial charge < -0.3 is 10.1 Å². The quantitative estimate of drug-likeness (QED) is 0.831. The summed E-state index contributed by atoms with van der Waals surface area (Å²) < 4.78 is 5.49. The Hall–Kier alpha value is -0.860. The molecule has 1 heterocycles. The average Bonchev–Trinajstić information content (AvgIpc) is 2.87. The minimum absolute atomic E-state index is 0.483. The largest absolute Gasteiger partial charge is 0.381 e. The zero-order valence-corrected chi connectivity index (χ0v) is 11.6. The van der Waals surface area contributed by atoms with E-state index in [0.29, 0.717) is 6.04 Å². The molecule has 0 radical (unpaired) electrons. The third-order valence-corrected chi connectivity index (χ3v) is 3.68. The van der Waals surface area contributed by atoms with Gasteiger partial charge >= 0.3 is 0 Å². The lowest BCUT2D eigenvalue weighted by Crippen LogP contribution is -2.24. The summed E-state index contributed by atoms with van der Waals surface area (Å²) in [6.07, 6.45) is 3.60. The van der Waals surface area contributed by atoms with Gasteiger partial charge in [-0.3, -0.25) is 0 Å². The Morgan fingerprint density at radius 2 is 2.33 bits per heavy atom. The molecule has 0 bridgehead atoms. The maximum atomic E-state index is 5.49. The predicted octanol–water partition coefficient (Wildman–Crippen LogP) is 3.46. The van der Waals surface area contributed by atoms with Crippen molar-refractivity contribution in [3.8, 4) is 0 Å². The Balaban J connectivity index is 2.03. The van der Waals surface area contributed by atoms with E-state index in [1.807, 2.05) is 0 Å². The highest BCUT2D eigenvalue weighted by molar-refractivity contribution is 5.25. The van der Waals surface area contributed by atoms with E-state index < -0.39 is 0 Å². The first kappa shape index (κ1) is 13.6. The van der Waals surface area contributed by atoms with Crippen LogP contribution in [0.3, 0.4) is 0 Å². The Kier molecular flexibility index (Phi) is 5.21. The molecule has 18 heavy (non-hydrogen) atoms. The average molecular weight is 247 g/mol. The van der Waals surface area contributed by atoms with Crippen LogP contribution in [0.1, 0.15) is 43.4 Å². The number of nitrogens with one attached hydrogen (secondary N) is 1. The molecule has 1 saturated heterocycles. The summed E-state index contributed by atoms with van der Waals surface area (Å²) >= 11 is 0. The molecule has 1 aromatic rings. The predicted molar refractivity (Wildman–Crippen MR) is 75.8 cm³/mol. The molecule has 0 aromatic heterocycles. The van der Waals surface area contributed by atoms with E-state index in [2.05, 4.69) is 43.4 Å². The van der Waals surface area contributed by atoms with E-state index >= 15 is 0 Å². The van der Waals surface area contributed by atoms with Crippen molar-refractivity contribution in [2.45, 2.75) is 39.2 Å². The van der Waals surface area contributed by atoms with Crippen LogP contribution in [0, 0.1) is 12.8 Å². The number of hydrogen-bond donors (Lipinski definition) is 1. The van der Waals surface area contributed by atoms with Crippen LogP contribution >= 0.6 is 0 Å². The number of aryl methyl sites for hydroxylation is 1. The molecule has 0 amide bonds. The molecule has 2 unspecified atom stereocenters. The lowest BCUT2D eigenvalue weighted by atomic mass is 9.93. The third kappa shape index (κ3) is 3.82. The summed E-state index contributed by atoms with van der Waals surface area (Å²) in [4.78, 5) is 0. The molecular formula is C16H25NO. The van der Waals surface area contributed by atoms with Gasteiger partial charge in [0.25, 0.3) is 0 Å². The molecule has 1 aromatic carbocycles. The summed E-state index contributed by atoms with van der Waals surface area (Å²) in [5.74, 6) is 0.722. The molecule has 2 rings (SSSR count). The molecule has 100 valence electrons. The highest BCUT2D eigenvalue weighted by Crippen LogP contribution is 2.27. The van der Waals surface area contributed by atoms with Gasteiger partial charge in [-0.15, -0.1) is 0 Å². The zero-order valence-electron chi connectivity index (χ0n) is 11.6. The third-order valence-electron chi connectivity index (χ3n) is 3.68. The lowest BCUT2D eigenvalue weighted by Gasteiger charge is -2.22. The van der Waals surface area contributed by atoms with Crippen LogP contribution in [0.4, 0.5) is 0 Å². The molecule has 1 fully saturated rings. The van der Waals surface area contributed by atoms with Crippen LogP contribution < -0.4 is 5.32 Å². The Morgan fingerprint density at radius 3 is 3.00 bits per heavy atom. The highest BCUT2D eigenvalue weighted by Gasteiger charge is 2.21. The number of rotatable bonds is 6. The Labute approximate surface area is 111 Å². The maximum absolute atomic E-state index is 5.49. The SMILES string of the molecule is CCCNC(CC1CCOC1)c1cccc(C)c1. The van der Waals surface area contributed by atoms with Gasteiger partial charge in [-0.1, -0.05) is 36.8 Å². The second kappa shape index (κ2) is 6.91. The van der Waals surface area contributed by atoms with E-state index in [1.54, 1.807) is 0 Å². The summed E-state index contributed by atoms with van der Waals surface area (Å²) in [5, 5.41) is 3.68. The molecule has 1 aliphatic rings. The monoisotopic (exact) mass is 247 g/mol. The van der Waals surface area contributed by atoms with Gasteiger partial charge in [-0.25, -0.2) is 0 Å². The molecular weight excluding hydrogens is 222 g/mol. The van der Waals surface area contributed by atoms with Crippen molar-refractivity contribution < 1.29 is 4.74 Å². The van der Waals surface area contributed by atoms with E-state index in [0.717, 1.165) is 25.7 Å². The Bertz CT molecular complexity index is 358. The van der Waals surface area contributed by atoms with Crippen molar-refractivity contribution in [1.82, 2.24) is 5.32 Å². The van der Waals surface area contributed by atoms with E-state index in [4.69, 9.17) is 4.74 Å². The second-order valence-corrected chi connectivity index (χ2v) is 5.39. The molecule has 1 aliphatic heterocycles. The molecule has 2 atom stereocenters. The smallest absolute Gasteiger partial charge is 0.0495 e. The van der Waals surface area contributed by atoms with Crippen molar-refractivity contribution in [3.63, 3.8) is 0 Å². The summed E-state index contributed by atoms with van der Waals surface area (Å²) in [5.41, 5.74) is 2.77. The molecule has 0 saturated carbocycles. The van der Waals surface area contributed by atoms with Crippen molar-refractivity contribution in [2.75, 3.05) is 19.8 Å². The number of benzene rings is 1. The van der Waals surface area contributed by atoms with Crippen molar-refractivity contribution in [2.24, 2.45) is 5.92 Å². The second-order valence-electron chi connectivity index (χ2n) is 5.39. The molecule has 0 aliphatic carbocycles. The fourth-order valence-electron chi connectivity index (χ4n) is 2.65. The van der Waals surface area contributed by atoms with Gasteiger partial charge in [-0.05, 0) is 44.2 Å². The van der Waals surface area contributed by atoms with Crippen LogP contribution in [0.2, 0.25) is 0 Å². The number of hydrogen-bond acceptors (Lipinski definition) is 2. The van der Waals surface area contributed by atoms with Crippen molar-refractivity contribution >= 4 is 0 Å². The molecule has 2 nitrogen and oxygen atoms in total. The zero-order chi connectivity index (χ0) is 12.8. The molecule has 2 heteroatoms. The minimum Gasteiger partial charge on any atom is -0.381 e. The summed E-state index contributed by atoms with van der Waals surface area (Å²) in [6, 6.07) is 9.37. The molecule has 0 spiro atoms. The number of ether oxygens (including phenoxy) is 1. The van der Waals surface area contributed by atoms with Crippen LogP contribution in [-0.2, 0) is 4.74 Å². The topological polar surface area (TPSA) is 21.3 Å². The fraction of sp³-hybridized carbons (Fsp3) is 0.625. The lowest BCUT2D eigenvalue weighted by molar-refractivity contribution is 0.181. The normalized spacial score (nSPS) is 21.1. The van der Waals surface area contributed by atoms with E-state index in [9.17, 15) is 0 Å². The van der Waals surface area contributed by atoms with Crippen LogP contribution in [0.25, 0.3) is 0 Å². The fourth-order valence-corrected chi connectivity index (χ4v) is 2.65. The first-order valence-corrected chi connectivity index (χ1v) is 7.17. The van der Waals surface area contributed by atoms with Crippen molar-refractivity contribution in [3.05, 3.63) is 35.4 Å². The van der Waals surface area contributed by atoms with Gasteiger partial charge in [0.2, 0.25) is 0 Å². The summed E-state index contributed by atoms with van der Waals surface area (Å²) in [6.45, 7) is 7.36. The molecule has 1 N–H and O–H groups in total. The van der Waals surface area contributed by atoms with Crippen LogP contribution in [0.5, 0.6) is 0 Å². The van der Waals surface area contributed by atoms with Gasteiger partial charge in [0.1, 0.15) is 0 Å². The van der Waals surface area contributed by atoms with Gasteiger partial charge in [0, 0.05) is 19.3 Å². The highest BCUT2D eigenvalue weighted by atomic mass is 16.5. The van der Waals surface area contributed by atoms with Crippen LogP contribution in [0.15, 0.2) is 24.3 Å². The maximum Gasteiger partial charge on any atom is 0.0495 e. The first-order chi connectivity index (χ1) is 8.79. The summed E-state index contributed by atoms with van der Waals surface area (Å²) in [7, 11) is 0. The first-order valence-electron chi connectivity index (χ1n) is 7.17.